The maximum atomic E-state index is 12.5. The van der Waals surface area contributed by atoms with E-state index in [0.717, 1.165) is 6.20 Å². The van der Waals surface area contributed by atoms with Gasteiger partial charge in [-0.1, -0.05) is 11.6 Å². The van der Waals surface area contributed by atoms with Crippen LogP contribution in [0.5, 0.6) is 5.75 Å². The lowest BCUT2D eigenvalue weighted by Gasteiger charge is -2.08. The van der Waals surface area contributed by atoms with E-state index in [4.69, 9.17) is 11.6 Å². The summed E-state index contributed by atoms with van der Waals surface area (Å²) in [6.45, 7) is 0. The summed E-state index contributed by atoms with van der Waals surface area (Å²) in [5.74, 6) is -1.78. The smallest absolute Gasteiger partial charge is 0.433 e. The number of amides is 1. The van der Waals surface area contributed by atoms with Gasteiger partial charge in [0.1, 0.15) is 11.4 Å². The van der Waals surface area contributed by atoms with E-state index in [1.807, 2.05) is 0 Å². The van der Waals surface area contributed by atoms with E-state index < -0.39 is 23.7 Å². The Morgan fingerprint density at radius 3 is 2.67 bits per heavy atom. The molecule has 2 aromatic rings. The highest BCUT2D eigenvalue weighted by Crippen LogP contribution is 2.28. The lowest BCUT2D eigenvalue weighted by molar-refractivity contribution is -0.141. The van der Waals surface area contributed by atoms with Crippen LogP contribution in [0.1, 0.15) is 16.1 Å². The Morgan fingerprint density at radius 1 is 1.29 bits per heavy atom. The lowest BCUT2D eigenvalue weighted by Crippen LogP contribution is -2.16. The van der Waals surface area contributed by atoms with Crippen LogP contribution in [0.4, 0.5) is 19.1 Å². The van der Waals surface area contributed by atoms with Crippen molar-refractivity contribution in [3.8, 4) is 5.75 Å². The molecule has 0 saturated carbocycles. The van der Waals surface area contributed by atoms with Crippen LogP contribution in [0, 0.1) is 0 Å². The number of nitrogens with one attached hydrogen (secondary N) is 1. The van der Waals surface area contributed by atoms with Crippen LogP contribution >= 0.6 is 11.6 Å². The zero-order valence-electron chi connectivity index (χ0n) is 10.1. The first kappa shape index (κ1) is 15.0. The van der Waals surface area contributed by atoms with Crippen molar-refractivity contribution in [1.82, 2.24) is 9.97 Å². The van der Waals surface area contributed by atoms with Gasteiger partial charge >= 0.3 is 6.18 Å². The summed E-state index contributed by atoms with van der Waals surface area (Å²) in [5, 5.41) is 11.8. The van der Waals surface area contributed by atoms with E-state index in [2.05, 4.69) is 15.3 Å². The van der Waals surface area contributed by atoms with Crippen LogP contribution < -0.4 is 5.32 Å². The second kappa shape index (κ2) is 5.57. The van der Waals surface area contributed by atoms with Gasteiger partial charge in [0.05, 0.1) is 5.56 Å². The highest BCUT2D eigenvalue weighted by Gasteiger charge is 2.33. The molecule has 5 nitrogen and oxygen atoms in total. The number of halogens is 4. The molecular formula is C12H7ClF3N3O2. The molecule has 2 rings (SSSR count). The predicted molar refractivity (Wildman–Crippen MR) is 68.1 cm³/mol. The highest BCUT2D eigenvalue weighted by atomic mass is 35.5. The maximum absolute atomic E-state index is 12.5. The molecule has 21 heavy (non-hydrogen) atoms. The number of hydrogen-bond acceptors (Lipinski definition) is 4. The van der Waals surface area contributed by atoms with E-state index in [9.17, 15) is 23.1 Å². The summed E-state index contributed by atoms with van der Waals surface area (Å²) in [5.41, 5.74) is -1.40. The second-order valence-corrected chi connectivity index (χ2v) is 4.32. The summed E-state index contributed by atoms with van der Waals surface area (Å²) in [6.07, 6.45) is -3.79. The molecule has 0 atom stereocenters. The van der Waals surface area contributed by atoms with Gasteiger partial charge in [0.15, 0.2) is 0 Å². The van der Waals surface area contributed by atoms with Gasteiger partial charge in [0, 0.05) is 11.2 Å². The fourth-order valence-electron chi connectivity index (χ4n) is 1.44. The molecule has 2 N–H and O–H groups in total. The van der Waals surface area contributed by atoms with Crippen LogP contribution in [0.3, 0.4) is 0 Å². The number of benzene rings is 1. The molecule has 0 aliphatic rings. The Balaban J connectivity index is 2.26. The number of phenols is 1. The topological polar surface area (TPSA) is 75.1 Å². The Morgan fingerprint density at radius 2 is 2.00 bits per heavy atom. The minimum atomic E-state index is -4.65. The van der Waals surface area contributed by atoms with Gasteiger partial charge in [-0.25, -0.2) is 9.97 Å². The van der Waals surface area contributed by atoms with Crippen LogP contribution in [0.15, 0.2) is 30.5 Å². The van der Waals surface area contributed by atoms with Crippen molar-refractivity contribution in [3.05, 3.63) is 46.7 Å². The molecule has 0 fully saturated rings. The lowest BCUT2D eigenvalue weighted by atomic mass is 10.2. The number of carbonyl (C=O) groups excluding carboxylic acids is 1. The Labute approximate surface area is 121 Å². The largest absolute Gasteiger partial charge is 0.507 e. The number of phenolic OH excluding ortho intramolecular Hbond substituents is 1. The first-order valence-electron chi connectivity index (χ1n) is 5.47. The SMILES string of the molecule is O=C(Nc1nccc(C(F)(F)F)n1)c1cc(Cl)ccc1O. The average Bonchev–Trinajstić information content (AvgIpc) is 2.41. The summed E-state index contributed by atoms with van der Waals surface area (Å²) < 4.78 is 37.5. The normalized spacial score (nSPS) is 11.2. The number of hydrogen-bond donors (Lipinski definition) is 2. The van der Waals surface area contributed by atoms with Crippen molar-refractivity contribution in [3.63, 3.8) is 0 Å². The van der Waals surface area contributed by atoms with E-state index in [0.29, 0.717) is 6.07 Å². The van der Waals surface area contributed by atoms with Crippen molar-refractivity contribution in [2.75, 3.05) is 5.32 Å². The fraction of sp³-hybridized carbons (Fsp3) is 0.0833. The third-order valence-corrected chi connectivity index (χ3v) is 2.61. The predicted octanol–water partition coefficient (Wildman–Crippen LogP) is 3.11. The molecule has 0 saturated heterocycles. The Hall–Kier alpha value is -2.35. The summed E-state index contributed by atoms with van der Waals surface area (Å²) >= 11 is 5.68. The van der Waals surface area contributed by atoms with Gasteiger partial charge in [0.2, 0.25) is 5.95 Å². The number of aromatic nitrogens is 2. The zero-order chi connectivity index (χ0) is 15.6. The Kier molecular flexibility index (Phi) is 3.99. The summed E-state index contributed by atoms with van der Waals surface area (Å²) in [7, 11) is 0. The van der Waals surface area contributed by atoms with Crippen molar-refractivity contribution in [2.45, 2.75) is 6.18 Å². The number of alkyl halides is 3. The summed E-state index contributed by atoms with van der Waals surface area (Å²) in [6, 6.07) is 4.38. The monoisotopic (exact) mass is 317 g/mol. The number of aromatic hydroxyl groups is 1. The fourth-order valence-corrected chi connectivity index (χ4v) is 1.61. The molecular weight excluding hydrogens is 311 g/mol. The van der Waals surface area contributed by atoms with Crippen molar-refractivity contribution in [2.24, 2.45) is 0 Å². The van der Waals surface area contributed by atoms with E-state index >= 15 is 0 Å². The number of nitrogens with zero attached hydrogens (tertiary/aromatic N) is 2. The van der Waals surface area contributed by atoms with Crippen LogP contribution in [-0.4, -0.2) is 21.0 Å². The quantitative estimate of drug-likeness (QED) is 0.892. The molecule has 1 aromatic heterocycles. The van der Waals surface area contributed by atoms with Crippen molar-refractivity contribution in [1.29, 1.82) is 0 Å². The van der Waals surface area contributed by atoms with E-state index in [1.165, 1.54) is 18.2 Å². The number of rotatable bonds is 2. The van der Waals surface area contributed by atoms with E-state index in [1.54, 1.807) is 0 Å². The minimum Gasteiger partial charge on any atom is -0.507 e. The molecule has 0 unspecified atom stereocenters. The minimum absolute atomic E-state index is 0.183. The molecule has 0 radical (unpaired) electrons. The van der Waals surface area contributed by atoms with Crippen LogP contribution in [0.25, 0.3) is 0 Å². The standard InChI is InChI=1S/C12H7ClF3N3O2/c13-6-1-2-8(20)7(5-6)10(21)19-11-17-4-3-9(18-11)12(14,15)16/h1-5,20H,(H,17,18,19,21). The van der Waals surface area contributed by atoms with Gasteiger partial charge in [-0.3, -0.25) is 10.1 Å². The average molecular weight is 318 g/mol. The maximum Gasteiger partial charge on any atom is 0.433 e. The first-order valence-corrected chi connectivity index (χ1v) is 5.85. The van der Waals surface area contributed by atoms with Crippen LogP contribution in [0.2, 0.25) is 5.02 Å². The molecule has 110 valence electrons. The van der Waals surface area contributed by atoms with Crippen LogP contribution in [-0.2, 0) is 6.18 Å². The molecule has 1 aromatic carbocycles. The molecule has 1 heterocycles. The van der Waals surface area contributed by atoms with E-state index in [-0.39, 0.29) is 16.3 Å². The van der Waals surface area contributed by atoms with Gasteiger partial charge < -0.3 is 5.11 Å². The first-order chi connectivity index (χ1) is 9.77. The number of carbonyl (C=O) groups is 1. The van der Waals surface area contributed by atoms with Gasteiger partial charge in [0.25, 0.3) is 5.91 Å². The van der Waals surface area contributed by atoms with Crippen molar-refractivity contribution < 1.29 is 23.1 Å². The molecule has 0 aliphatic heterocycles. The molecule has 0 aliphatic carbocycles. The van der Waals surface area contributed by atoms with Crippen molar-refractivity contribution >= 4 is 23.5 Å². The highest BCUT2D eigenvalue weighted by molar-refractivity contribution is 6.31. The zero-order valence-corrected chi connectivity index (χ0v) is 10.9. The third kappa shape index (κ3) is 3.60. The Bertz CT molecular complexity index is 692. The third-order valence-electron chi connectivity index (χ3n) is 2.37. The molecule has 1 amide bonds. The molecule has 0 spiro atoms. The van der Waals surface area contributed by atoms with Gasteiger partial charge in [-0.15, -0.1) is 0 Å². The summed E-state index contributed by atoms with van der Waals surface area (Å²) in [4.78, 5) is 18.5. The number of anilines is 1. The van der Waals surface area contributed by atoms with Gasteiger partial charge in [-0.2, -0.15) is 13.2 Å². The van der Waals surface area contributed by atoms with Gasteiger partial charge in [-0.05, 0) is 24.3 Å². The molecule has 9 heteroatoms. The second-order valence-electron chi connectivity index (χ2n) is 3.88. The molecule has 0 bridgehead atoms.